The Morgan fingerprint density at radius 3 is 2.52 bits per heavy atom. The first kappa shape index (κ1) is 15.3. The molecule has 2 amide bonds. The Bertz CT molecular complexity index is 619. The van der Waals surface area contributed by atoms with Crippen molar-refractivity contribution in [1.82, 2.24) is 5.32 Å². The number of hydrogen-bond acceptors (Lipinski definition) is 2. The highest BCUT2D eigenvalue weighted by atomic mass is 35.5. The molecule has 0 spiro atoms. The quantitative estimate of drug-likeness (QED) is 0.811. The van der Waals surface area contributed by atoms with Gasteiger partial charge in [0.1, 0.15) is 5.82 Å². The van der Waals surface area contributed by atoms with E-state index in [1.807, 2.05) is 0 Å². The summed E-state index contributed by atoms with van der Waals surface area (Å²) >= 11 is 5.91. The monoisotopic (exact) mass is 308 g/mol. The minimum atomic E-state index is -0.914. The van der Waals surface area contributed by atoms with Crippen molar-refractivity contribution < 1.29 is 14.3 Å². The van der Waals surface area contributed by atoms with Crippen molar-refractivity contribution in [2.24, 2.45) is 0 Å². The number of benzene rings is 2. The Hall–Kier alpha value is -2.11. The molecule has 4 nitrogen and oxygen atoms in total. The Morgan fingerprint density at radius 2 is 1.86 bits per heavy atom. The van der Waals surface area contributed by atoms with Gasteiger partial charge in [0.2, 0.25) is 0 Å². The van der Waals surface area contributed by atoms with Crippen LogP contribution in [0.1, 0.15) is 11.7 Å². The fourth-order valence-electron chi connectivity index (χ4n) is 1.72. The highest BCUT2D eigenvalue weighted by Gasteiger charge is 2.10. The van der Waals surface area contributed by atoms with Crippen LogP contribution in [0.15, 0.2) is 48.5 Å². The number of halogens is 2. The maximum absolute atomic E-state index is 12.8. The fourth-order valence-corrected chi connectivity index (χ4v) is 1.90. The number of para-hydroxylation sites is 1. The van der Waals surface area contributed by atoms with Crippen LogP contribution >= 0.6 is 11.6 Å². The summed E-state index contributed by atoms with van der Waals surface area (Å²) in [6, 6.07) is 11.8. The standard InChI is InChI=1S/C15H14ClFN2O2/c16-12-3-1-2-4-13(12)19-15(21)18-9-14(20)10-5-7-11(17)8-6-10/h1-8,14,20H,9H2,(H2,18,19,21). The molecule has 0 bridgehead atoms. The van der Waals surface area contributed by atoms with Gasteiger partial charge in [0, 0.05) is 6.54 Å². The van der Waals surface area contributed by atoms with E-state index in [2.05, 4.69) is 10.6 Å². The molecule has 0 aliphatic heterocycles. The predicted octanol–water partition coefficient (Wildman–Crippen LogP) is 3.33. The lowest BCUT2D eigenvalue weighted by Crippen LogP contribution is -2.32. The zero-order chi connectivity index (χ0) is 15.2. The summed E-state index contributed by atoms with van der Waals surface area (Å²) in [5.41, 5.74) is 1.00. The SMILES string of the molecule is O=C(NCC(O)c1ccc(F)cc1)Nc1ccccc1Cl. The van der Waals surface area contributed by atoms with Crippen LogP contribution in [0.5, 0.6) is 0 Å². The summed E-state index contributed by atoms with van der Waals surface area (Å²) in [5, 5.41) is 15.4. The highest BCUT2D eigenvalue weighted by Crippen LogP contribution is 2.20. The summed E-state index contributed by atoms with van der Waals surface area (Å²) in [4.78, 5) is 11.7. The van der Waals surface area contributed by atoms with Crippen molar-refractivity contribution in [3.8, 4) is 0 Å². The molecule has 2 rings (SSSR count). The van der Waals surface area contributed by atoms with Crippen LogP contribution in [0.4, 0.5) is 14.9 Å². The van der Waals surface area contributed by atoms with E-state index in [-0.39, 0.29) is 12.4 Å². The Morgan fingerprint density at radius 1 is 1.19 bits per heavy atom. The molecule has 110 valence electrons. The first-order chi connectivity index (χ1) is 10.1. The molecule has 1 atom stereocenters. The molecule has 0 aliphatic carbocycles. The minimum Gasteiger partial charge on any atom is -0.387 e. The van der Waals surface area contributed by atoms with Gasteiger partial charge in [-0.25, -0.2) is 9.18 Å². The summed E-state index contributed by atoms with van der Waals surface area (Å²) in [6.07, 6.45) is -0.914. The number of urea groups is 1. The van der Waals surface area contributed by atoms with E-state index in [0.29, 0.717) is 16.3 Å². The minimum absolute atomic E-state index is 0.00190. The molecular weight excluding hydrogens is 295 g/mol. The van der Waals surface area contributed by atoms with Gasteiger partial charge in [-0.1, -0.05) is 35.9 Å². The molecule has 2 aromatic carbocycles. The van der Waals surface area contributed by atoms with Crippen molar-refractivity contribution >= 4 is 23.3 Å². The first-order valence-electron chi connectivity index (χ1n) is 6.29. The van der Waals surface area contributed by atoms with E-state index in [4.69, 9.17) is 11.6 Å². The molecule has 0 radical (unpaired) electrons. The molecule has 3 N–H and O–H groups in total. The van der Waals surface area contributed by atoms with E-state index in [0.717, 1.165) is 0 Å². The number of rotatable bonds is 4. The number of aliphatic hydroxyl groups excluding tert-OH is 1. The van der Waals surface area contributed by atoms with Crippen molar-refractivity contribution in [2.45, 2.75) is 6.10 Å². The number of hydrogen-bond donors (Lipinski definition) is 3. The smallest absolute Gasteiger partial charge is 0.319 e. The fraction of sp³-hybridized carbons (Fsp3) is 0.133. The lowest BCUT2D eigenvalue weighted by molar-refractivity contribution is 0.175. The van der Waals surface area contributed by atoms with Crippen LogP contribution < -0.4 is 10.6 Å². The van der Waals surface area contributed by atoms with E-state index < -0.39 is 12.1 Å². The zero-order valence-electron chi connectivity index (χ0n) is 11.0. The molecular formula is C15H14ClFN2O2. The lowest BCUT2D eigenvalue weighted by Gasteiger charge is -2.13. The largest absolute Gasteiger partial charge is 0.387 e. The Balaban J connectivity index is 1.86. The maximum atomic E-state index is 12.8. The van der Waals surface area contributed by atoms with Crippen LogP contribution in [0.2, 0.25) is 5.02 Å². The maximum Gasteiger partial charge on any atom is 0.319 e. The molecule has 6 heteroatoms. The highest BCUT2D eigenvalue weighted by molar-refractivity contribution is 6.33. The van der Waals surface area contributed by atoms with Gasteiger partial charge in [-0.3, -0.25) is 0 Å². The van der Waals surface area contributed by atoms with Crippen LogP contribution in [-0.4, -0.2) is 17.7 Å². The van der Waals surface area contributed by atoms with Gasteiger partial charge in [0.05, 0.1) is 16.8 Å². The molecule has 0 saturated heterocycles. The predicted molar refractivity (Wildman–Crippen MR) is 79.8 cm³/mol. The third-order valence-corrected chi connectivity index (χ3v) is 3.16. The lowest BCUT2D eigenvalue weighted by atomic mass is 10.1. The van der Waals surface area contributed by atoms with E-state index in [1.165, 1.54) is 24.3 Å². The number of amides is 2. The Labute approximate surface area is 126 Å². The van der Waals surface area contributed by atoms with Crippen molar-refractivity contribution in [3.05, 3.63) is 64.9 Å². The number of nitrogens with one attached hydrogen (secondary N) is 2. The van der Waals surface area contributed by atoms with E-state index in [1.54, 1.807) is 24.3 Å². The normalized spacial score (nSPS) is 11.8. The average molecular weight is 309 g/mol. The summed E-state index contributed by atoms with van der Waals surface area (Å²) in [6.45, 7) is 0.00190. The van der Waals surface area contributed by atoms with Gasteiger partial charge in [-0.15, -0.1) is 0 Å². The summed E-state index contributed by atoms with van der Waals surface area (Å²) in [5.74, 6) is -0.379. The zero-order valence-corrected chi connectivity index (χ0v) is 11.8. The summed E-state index contributed by atoms with van der Waals surface area (Å²) in [7, 11) is 0. The van der Waals surface area contributed by atoms with E-state index in [9.17, 15) is 14.3 Å². The summed E-state index contributed by atoms with van der Waals surface area (Å²) < 4.78 is 12.8. The van der Waals surface area contributed by atoms with Gasteiger partial charge in [0.15, 0.2) is 0 Å². The molecule has 21 heavy (non-hydrogen) atoms. The second kappa shape index (κ2) is 7.06. The molecule has 0 fully saturated rings. The van der Waals surface area contributed by atoms with Gasteiger partial charge < -0.3 is 15.7 Å². The molecule has 0 aliphatic rings. The van der Waals surface area contributed by atoms with Gasteiger partial charge in [0.25, 0.3) is 0 Å². The first-order valence-corrected chi connectivity index (χ1v) is 6.67. The molecule has 0 saturated carbocycles. The number of aliphatic hydroxyl groups is 1. The molecule has 0 heterocycles. The van der Waals surface area contributed by atoms with Crippen molar-refractivity contribution in [3.63, 3.8) is 0 Å². The van der Waals surface area contributed by atoms with Crippen LogP contribution in [0.3, 0.4) is 0 Å². The third kappa shape index (κ3) is 4.44. The third-order valence-electron chi connectivity index (χ3n) is 2.83. The van der Waals surface area contributed by atoms with E-state index >= 15 is 0 Å². The van der Waals surface area contributed by atoms with Crippen LogP contribution in [-0.2, 0) is 0 Å². The van der Waals surface area contributed by atoms with Crippen LogP contribution in [0.25, 0.3) is 0 Å². The number of anilines is 1. The molecule has 1 unspecified atom stereocenters. The van der Waals surface area contributed by atoms with Crippen LogP contribution in [0, 0.1) is 5.82 Å². The second-order valence-electron chi connectivity index (χ2n) is 4.38. The molecule has 2 aromatic rings. The van der Waals surface area contributed by atoms with Gasteiger partial charge >= 0.3 is 6.03 Å². The van der Waals surface area contributed by atoms with Crippen molar-refractivity contribution in [1.29, 1.82) is 0 Å². The number of carbonyl (C=O) groups is 1. The molecule has 0 aromatic heterocycles. The second-order valence-corrected chi connectivity index (χ2v) is 4.79. The Kier molecular flexibility index (Phi) is 5.14. The van der Waals surface area contributed by atoms with Gasteiger partial charge in [-0.05, 0) is 29.8 Å². The topological polar surface area (TPSA) is 61.4 Å². The number of carbonyl (C=O) groups excluding carboxylic acids is 1. The average Bonchev–Trinajstić information content (AvgIpc) is 2.48. The van der Waals surface area contributed by atoms with Crippen molar-refractivity contribution in [2.75, 3.05) is 11.9 Å². The van der Waals surface area contributed by atoms with Gasteiger partial charge in [-0.2, -0.15) is 0 Å².